The third kappa shape index (κ3) is 13.7. The first-order valence-corrected chi connectivity index (χ1v) is 23.0. The molecule has 0 radical (unpaired) electrons. The van der Waals surface area contributed by atoms with Crippen LogP contribution in [0.25, 0.3) is 21.8 Å². The molecule has 0 aliphatic heterocycles. The highest BCUT2D eigenvalue weighted by atomic mass is 35.5. The largest absolute Gasteiger partial charge is 0.444 e. The molecule has 0 bridgehead atoms. The average Bonchev–Trinajstić information content (AvgIpc) is 3.90. The normalized spacial score (nSPS) is 10.8. The van der Waals surface area contributed by atoms with Crippen molar-refractivity contribution in [2.75, 3.05) is 11.1 Å². The molecular weight excluding hydrogens is 1010 g/mol. The van der Waals surface area contributed by atoms with Crippen LogP contribution in [0.2, 0.25) is 10.0 Å². The molecule has 0 atom stereocenters. The van der Waals surface area contributed by atoms with Crippen LogP contribution >= 0.6 is 23.2 Å². The van der Waals surface area contributed by atoms with Crippen LogP contribution in [-0.4, -0.2) is 63.0 Å². The smallest absolute Gasteiger partial charge is 0.413 e. The van der Waals surface area contributed by atoms with Gasteiger partial charge >= 0.3 is 6.09 Å². The fraction of sp³-hybridized carbons (Fsp3) is 0.264. The Labute approximate surface area is 441 Å². The molecule has 5 N–H and O–H groups in total. The molecule has 388 valence electrons. The summed E-state index contributed by atoms with van der Waals surface area (Å²) in [7, 11) is 0. The van der Waals surface area contributed by atoms with Gasteiger partial charge in [0.05, 0.1) is 46.7 Å². The molecule has 75 heavy (non-hydrogen) atoms. The van der Waals surface area contributed by atoms with E-state index in [1.54, 1.807) is 64.1 Å². The first-order chi connectivity index (χ1) is 34.6. The van der Waals surface area contributed by atoms with Gasteiger partial charge in [-0.15, -0.1) is 0 Å². The molecule has 2 aromatic carbocycles. The third-order valence-electron chi connectivity index (χ3n) is 11.2. The van der Waals surface area contributed by atoms with E-state index in [1.165, 1.54) is 46.3 Å². The molecule has 0 fully saturated rings. The van der Waals surface area contributed by atoms with E-state index in [9.17, 15) is 33.7 Å². The van der Waals surface area contributed by atoms with E-state index in [1.807, 2.05) is 32.9 Å². The van der Waals surface area contributed by atoms with E-state index in [0.29, 0.717) is 49.3 Å². The van der Waals surface area contributed by atoms with E-state index in [-0.39, 0.29) is 74.6 Å². The van der Waals surface area contributed by atoms with Crippen LogP contribution in [-0.2, 0) is 30.9 Å². The summed E-state index contributed by atoms with van der Waals surface area (Å²) in [6, 6.07) is 16.7. The number of nitriles is 2. The number of carbonyl (C=O) groups excluding carboxylic acids is 3. The minimum atomic E-state index is -0.647. The van der Waals surface area contributed by atoms with Crippen LogP contribution in [0.4, 0.5) is 25.2 Å². The molecule has 0 aliphatic carbocycles. The Hall–Kier alpha value is -8.59. The van der Waals surface area contributed by atoms with Gasteiger partial charge in [0.25, 0.3) is 11.8 Å². The monoisotopic (exact) mass is 1060 g/mol. The van der Waals surface area contributed by atoms with Crippen molar-refractivity contribution in [3.63, 3.8) is 0 Å². The molecule has 8 rings (SSSR count). The molecule has 0 saturated heterocycles. The Morgan fingerprint density at radius 1 is 0.680 bits per heavy atom. The highest BCUT2D eigenvalue weighted by Gasteiger charge is 2.22. The van der Waals surface area contributed by atoms with Crippen molar-refractivity contribution >= 4 is 74.6 Å². The highest BCUT2D eigenvalue weighted by molar-refractivity contribution is 6.31. The summed E-state index contributed by atoms with van der Waals surface area (Å²) in [6.45, 7) is 13.1. The number of anilines is 2. The molecule has 22 heteroatoms. The van der Waals surface area contributed by atoms with Crippen molar-refractivity contribution in [1.29, 1.82) is 10.5 Å². The number of nitrogens with two attached hydrogens (primary N) is 1. The molecule has 0 spiro atoms. The number of nitrogen functional groups attached to an aromatic ring is 1. The molecular formula is C53H54Cl2F2N14O4. The van der Waals surface area contributed by atoms with Crippen molar-refractivity contribution < 1.29 is 27.9 Å². The summed E-state index contributed by atoms with van der Waals surface area (Å²) in [5.41, 5.74) is 11.5. The molecule has 0 aliphatic rings. The number of nitrogens with one attached hydrogen (secondary N) is 3. The minimum absolute atomic E-state index is 0. The van der Waals surface area contributed by atoms with Crippen molar-refractivity contribution in [2.45, 2.75) is 95.1 Å². The Kier molecular flexibility index (Phi) is 18.3. The second-order valence-corrected chi connectivity index (χ2v) is 18.6. The van der Waals surface area contributed by atoms with Gasteiger partial charge in [-0.3, -0.25) is 24.9 Å². The number of aromatic nitrogens is 8. The predicted octanol–water partition coefficient (Wildman–Crippen LogP) is 10.4. The summed E-state index contributed by atoms with van der Waals surface area (Å²) in [4.78, 5) is 54.5. The quantitative estimate of drug-likeness (QED) is 0.0941. The van der Waals surface area contributed by atoms with Crippen LogP contribution in [0.3, 0.4) is 0 Å². The summed E-state index contributed by atoms with van der Waals surface area (Å²) < 4.78 is 37.0. The number of carbonyl (C=O) groups is 3. The molecule has 18 nitrogen and oxygen atoms in total. The Balaban J connectivity index is 0.000000275. The molecule has 6 heterocycles. The maximum atomic E-state index is 14.6. The van der Waals surface area contributed by atoms with Crippen molar-refractivity contribution in [1.82, 2.24) is 50.1 Å². The second-order valence-electron chi connectivity index (χ2n) is 17.8. The number of benzene rings is 2. The number of halogens is 4. The zero-order chi connectivity index (χ0) is 52.9. The number of hydrogen-bond donors (Lipinski definition) is 4. The lowest BCUT2D eigenvalue weighted by atomic mass is 10.1. The number of pyridine rings is 4. The summed E-state index contributed by atoms with van der Waals surface area (Å²) in [6.07, 6.45) is 4.75. The van der Waals surface area contributed by atoms with Gasteiger partial charge in [0.15, 0.2) is 11.4 Å². The maximum absolute atomic E-state index is 14.6. The number of rotatable bonds is 11. The SMILES string of the molecule is C.C.Cc1cc(N)nc(C)c1CNC(=O)c1cnn(Cc2cc(F)c3ncc(Cl)cc3c2)c1C#N.Cc1cc(NC(=O)OC(C)(C)C)nc(C)c1CNC(=O)c1cnn(Cc2cc(F)c3ncc(Cl)cc3c2)c1C#N. The highest BCUT2D eigenvalue weighted by Crippen LogP contribution is 2.25. The van der Waals surface area contributed by atoms with Crippen LogP contribution in [0, 0.1) is 62.0 Å². The molecule has 6 aromatic heterocycles. The van der Waals surface area contributed by atoms with Gasteiger partial charge in [0.1, 0.15) is 52.0 Å². The van der Waals surface area contributed by atoms with E-state index in [0.717, 1.165) is 27.9 Å². The molecule has 0 unspecified atom stereocenters. The number of ether oxygens (including phenoxy) is 1. The van der Waals surface area contributed by atoms with Crippen LogP contribution in [0.1, 0.15) is 112 Å². The first-order valence-electron chi connectivity index (χ1n) is 22.3. The standard InChI is InChI=1S/C28H27ClFN7O3.C23H19ClFN7O.2CH4/c1-15-6-24(36-27(39)40-28(3,4)5)35-16(2)20(15)12-33-26(38)21-13-34-37(23(21)10-31)14-17-7-18-9-19(29)11-32-25(18)22(30)8-17;1-12-3-21(27)31-13(2)17(12)9-29-23(33)18-10-30-32(20(18)7-26)11-14-4-15-6-16(24)8-28-22(15)19(25)5-14;;/h6-9,11,13H,12,14H2,1-5H3,(H,33,38)(H,35,36,39);3-6,8,10H,9,11H2,1-2H3,(H2,27,31)(H,29,33);2*1H4. The summed E-state index contributed by atoms with van der Waals surface area (Å²) in [5.74, 6) is -1.25. The molecule has 3 amide bonds. The lowest BCUT2D eigenvalue weighted by Crippen LogP contribution is -2.28. The van der Waals surface area contributed by atoms with Gasteiger partial charge in [-0.2, -0.15) is 20.7 Å². The Morgan fingerprint density at radius 3 is 1.53 bits per heavy atom. The summed E-state index contributed by atoms with van der Waals surface area (Å²) in [5, 5.41) is 37.8. The van der Waals surface area contributed by atoms with Gasteiger partial charge in [-0.25, -0.2) is 32.9 Å². The van der Waals surface area contributed by atoms with E-state index >= 15 is 0 Å². The van der Waals surface area contributed by atoms with Crippen molar-refractivity contribution in [2.24, 2.45) is 0 Å². The summed E-state index contributed by atoms with van der Waals surface area (Å²) >= 11 is 12.0. The predicted molar refractivity (Wildman–Crippen MR) is 283 cm³/mol. The van der Waals surface area contributed by atoms with Gasteiger partial charge in [-0.1, -0.05) is 38.1 Å². The van der Waals surface area contributed by atoms with Gasteiger partial charge in [0, 0.05) is 47.6 Å². The fourth-order valence-corrected chi connectivity index (χ4v) is 8.19. The number of aryl methyl sites for hydroxylation is 4. The minimum Gasteiger partial charge on any atom is -0.444 e. The second kappa shape index (κ2) is 24.0. The van der Waals surface area contributed by atoms with Gasteiger partial charge < -0.3 is 21.1 Å². The number of amides is 3. The van der Waals surface area contributed by atoms with Crippen molar-refractivity contribution in [3.8, 4) is 12.1 Å². The van der Waals surface area contributed by atoms with Crippen molar-refractivity contribution in [3.05, 3.63) is 162 Å². The molecule has 8 aromatic rings. The van der Waals surface area contributed by atoms with Gasteiger partial charge in [-0.05, 0) is 130 Å². The van der Waals surface area contributed by atoms with E-state index < -0.39 is 35.1 Å². The van der Waals surface area contributed by atoms with Crippen LogP contribution in [0.15, 0.2) is 73.3 Å². The van der Waals surface area contributed by atoms with Crippen LogP contribution in [0.5, 0.6) is 0 Å². The Morgan fingerprint density at radius 2 is 1.12 bits per heavy atom. The van der Waals surface area contributed by atoms with E-state index in [2.05, 4.69) is 46.1 Å². The average molecular weight is 1060 g/mol. The first kappa shape index (κ1) is 57.3. The number of hydrogen-bond acceptors (Lipinski definition) is 13. The topological polar surface area (TPSA) is 257 Å². The maximum Gasteiger partial charge on any atom is 0.413 e. The van der Waals surface area contributed by atoms with E-state index in [4.69, 9.17) is 33.7 Å². The lowest BCUT2D eigenvalue weighted by molar-refractivity contribution is 0.0634. The number of fused-ring (bicyclic) bond motifs is 2. The zero-order valence-electron chi connectivity index (χ0n) is 40.5. The lowest BCUT2D eigenvalue weighted by Gasteiger charge is -2.20. The number of nitrogens with zero attached hydrogens (tertiary/aromatic N) is 10. The zero-order valence-corrected chi connectivity index (χ0v) is 42.0. The van der Waals surface area contributed by atoms with Crippen LogP contribution < -0.4 is 21.7 Å². The molecule has 0 saturated carbocycles. The third-order valence-corrected chi connectivity index (χ3v) is 11.6. The Bertz CT molecular complexity index is 3530. The fourth-order valence-electron chi connectivity index (χ4n) is 7.86. The van der Waals surface area contributed by atoms with Gasteiger partial charge in [0.2, 0.25) is 0 Å².